The van der Waals surface area contributed by atoms with Gasteiger partial charge in [-0.15, -0.1) is 0 Å². The molecule has 0 spiro atoms. The maximum absolute atomic E-state index is 4.65. The molecule has 120 valence electrons. The van der Waals surface area contributed by atoms with E-state index in [9.17, 15) is 0 Å². The number of H-pyrrole nitrogens is 1. The topological polar surface area (TPSA) is 53.6 Å². The van der Waals surface area contributed by atoms with Crippen LogP contribution < -0.4 is 5.32 Å². The quantitative estimate of drug-likeness (QED) is 0.838. The number of aromatic amines is 1. The third-order valence-electron chi connectivity index (χ3n) is 4.46. The average Bonchev–Trinajstić information content (AvgIpc) is 2.92. The van der Waals surface area contributed by atoms with Crippen LogP contribution in [0.4, 0.5) is 5.95 Å². The van der Waals surface area contributed by atoms with Gasteiger partial charge in [0.25, 0.3) is 0 Å². The Kier molecular flexibility index (Phi) is 4.60. The Morgan fingerprint density at radius 1 is 1.26 bits per heavy atom. The van der Waals surface area contributed by atoms with E-state index in [4.69, 9.17) is 0 Å². The maximum Gasteiger partial charge on any atom is 0.229 e. The van der Waals surface area contributed by atoms with E-state index in [1.54, 1.807) is 0 Å². The number of aryl methyl sites for hydroxylation is 1. The lowest BCUT2D eigenvalue weighted by molar-refractivity contribution is 0.642. The molecule has 3 rings (SSSR count). The highest BCUT2D eigenvalue weighted by atomic mass is 15.1. The lowest BCUT2D eigenvalue weighted by atomic mass is 9.96. The zero-order valence-corrected chi connectivity index (χ0v) is 14.1. The van der Waals surface area contributed by atoms with E-state index in [0.717, 1.165) is 35.3 Å². The van der Waals surface area contributed by atoms with Crippen molar-refractivity contribution >= 4 is 17.0 Å². The lowest BCUT2D eigenvalue weighted by Crippen LogP contribution is -2.04. The van der Waals surface area contributed by atoms with Gasteiger partial charge in [0.2, 0.25) is 5.95 Å². The minimum Gasteiger partial charge on any atom is -0.346 e. The highest BCUT2D eigenvalue weighted by Gasteiger charge is 2.09. The molecule has 0 aliphatic heterocycles. The first-order valence-electron chi connectivity index (χ1n) is 8.39. The molecule has 2 heterocycles. The Hall–Kier alpha value is -2.36. The summed E-state index contributed by atoms with van der Waals surface area (Å²) in [5, 5.41) is 4.44. The Morgan fingerprint density at radius 2 is 2.13 bits per heavy atom. The summed E-state index contributed by atoms with van der Waals surface area (Å²) < 4.78 is 0. The molecule has 1 aliphatic carbocycles. The standard InChI is InChI=1S/C19H24N4/c1-4-13(3)14-7-6-8-15(10-9-14)21-19-22-17(5-2)16-11-12-20-18(16)23-19/h6,8-13H,4-5,7H2,1-3H3,(H2,20,21,22,23). The maximum atomic E-state index is 4.65. The number of allylic oxidation sites excluding steroid dienone is 5. The minimum absolute atomic E-state index is 0.619. The summed E-state index contributed by atoms with van der Waals surface area (Å²) in [7, 11) is 0. The minimum atomic E-state index is 0.619. The Bertz CT molecular complexity index is 780. The summed E-state index contributed by atoms with van der Waals surface area (Å²) in [6.07, 6.45) is 13.6. The smallest absolute Gasteiger partial charge is 0.229 e. The van der Waals surface area contributed by atoms with Crippen LogP contribution in [0, 0.1) is 5.92 Å². The van der Waals surface area contributed by atoms with Crippen LogP contribution in [0.15, 0.2) is 47.8 Å². The van der Waals surface area contributed by atoms with Gasteiger partial charge in [-0.25, -0.2) is 4.98 Å². The van der Waals surface area contributed by atoms with Crippen LogP contribution in [-0.4, -0.2) is 15.0 Å². The van der Waals surface area contributed by atoms with Crippen LogP contribution in [0.3, 0.4) is 0 Å². The highest BCUT2D eigenvalue weighted by molar-refractivity contribution is 5.79. The van der Waals surface area contributed by atoms with Gasteiger partial charge < -0.3 is 10.3 Å². The van der Waals surface area contributed by atoms with Gasteiger partial charge in [-0.3, -0.25) is 0 Å². The number of nitrogens with one attached hydrogen (secondary N) is 2. The fourth-order valence-electron chi connectivity index (χ4n) is 2.81. The molecule has 4 heteroatoms. The van der Waals surface area contributed by atoms with Gasteiger partial charge in [-0.05, 0) is 43.4 Å². The number of nitrogens with zero attached hydrogens (tertiary/aromatic N) is 2. The average molecular weight is 308 g/mol. The van der Waals surface area contributed by atoms with E-state index in [1.807, 2.05) is 12.3 Å². The number of aromatic nitrogens is 3. The molecule has 2 aromatic heterocycles. The molecule has 0 radical (unpaired) electrons. The van der Waals surface area contributed by atoms with E-state index in [0.29, 0.717) is 11.9 Å². The number of hydrogen-bond acceptors (Lipinski definition) is 3. The van der Waals surface area contributed by atoms with E-state index < -0.39 is 0 Å². The fourth-order valence-corrected chi connectivity index (χ4v) is 2.81. The zero-order valence-electron chi connectivity index (χ0n) is 14.1. The van der Waals surface area contributed by atoms with Crippen LogP contribution >= 0.6 is 0 Å². The molecule has 2 aromatic rings. The Balaban J connectivity index is 1.87. The van der Waals surface area contributed by atoms with E-state index in [-0.39, 0.29) is 0 Å². The second-order valence-corrected chi connectivity index (χ2v) is 5.99. The molecule has 0 saturated carbocycles. The summed E-state index contributed by atoms with van der Waals surface area (Å²) in [6, 6.07) is 2.03. The van der Waals surface area contributed by atoms with Crippen LogP contribution in [0.2, 0.25) is 0 Å². The van der Waals surface area contributed by atoms with Crippen molar-refractivity contribution in [1.29, 1.82) is 0 Å². The van der Waals surface area contributed by atoms with Crippen LogP contribution in [0.25, 0.3) is 11.0 Å². The molecular weight excluding hydrogens is 284 g/mol. The predicted molar refractivity (Wildman–Crippen MR) is 96.3 cm³/mol. The van der Waals surface area contributed by atoms with Crippen molar-refractivity contribution in [2.24, 2.45) is 5.92 Å². The van der Waals surface area contributed by atoms with Gasteiger partial charge in [0.1, 0.15) is 5.65 Å². The molecule has 1 atom stereocenters. The van der Waals surface area contributed by atoms with Crippen LogP contribution in [-0.2, 0) is 6.42 Å². The van der Waals surface area contributed by atoms with Crippen molar-refractivity contribution in [2.75, 3.05) is 5.32 Å². The van der Waals surface area contributed by atoms with E-state index in [2.05, 4.69) is 65.3 Å². The third-order valence-corrected chi connectivity index (χ3v) is 4.46. The van der Waals surface area contributed by atoms with Crippen molar-refractivity contribution in [3.63, 3.8) is 0 Å². The largest absolute Gasteiger partial charge is 0.346 e. The lowest BCUT2D eigenvalue weighted by Gasteiger charge is -2.10. The molecule has 0 aromatic carbocycles. The molecule has 0 saturated heterocycles. The molecule has 0 bridgehead atoms. The summed E-state index contributed by atoms with van der Waals surface area (Å²) in [5.41, 5.74) is 4.44. The normalized spacial score (nSPS) is 16.0. The Morgan fingerprint density at radius 3 is 2.91 bits per heavy atom. The summed E-state index contributed by atoms with van der Waals surface area (Å²) >= 11 is 0. The second-order valence-electron chi connectivity index (χ2n) is 5.99. The van der Waals surface area contributed by atoms with Gasteiger partial charge in [-0.2, -0.15) is 4.98 Å². The van der Waals surface area contributed by atoms with Gasteiger partial charge >= 0.3 is 0 Å². The molecule has 2 N–H and O–H groups in total. The van der Waals surface area contributed by atoms with Crippen LogP contribution in [0.5, 0.6) is 0 Å². The van der Waals surface area contributed by atoms with Crippen molar-refractivity contribution < 1.29 is 0 Å². The SMILES string of the molecule is CCc1nc(NC2=CC=C(C(C)CC)CC=C2)nc2[nH]ccc12. The van der Waals surface area contributed by atoms with Gasteiger partial charge in [0.05, 0.1) is 5.69 Å². The van der Waals surface area contributed by atoms with Crippen LogP contribution in [0.1, 0.15) is 39.3 Å². The molecule has 0 amide bonds. The Labute approximate surface area is 137 Å². The second kappa shape index (κ2) is 6.82. The van der Waals surface area contributed by atoms with Crippen molar-refractivity contribution in [3.05, 3.63) is 53.5 Å². The van der Waals surface area contributed by atoms with Crippen molar-refractivity contribution in [1.82, 2.24) is 15.0 Å². The van der Waals surface area contributed by atoms with Crippen molar-refractivity contribution in [3.8, 4) is 0 Å². The molecule has 0 fully saturated rings. The van der Waals surface area contributed by atoms with E-state index >= 15 is 0 Å². The molecule has 23 heavy (non-hydrogen) atoms. The number of anilines is 1. The van der Waals surface area contributed by atoms with Gasteiger partial charge in [0.15, 0.2) is 0 Å². The van der Waals surface area contributed by atoms with Gasteiger partial charge in [-0.1, -0.05) is 38.5 Å². The summed E-state index contributed by atoms with van der Waals surface area (Å²) in [6.45, 7) is 6.63. The van der Waals surface area contributed by atoms with E-state index in [1.165, 1.54) is 12.0 Å². The first kappa shape index (κ1) is 15.5. The first-order chi connectivity index (χ1) is 11.2. The van der Waals surface area contributed by atoms with Gasteiger partial charge in [0, 0.05) is 17.3 Å². The molecule has 1 unspecified atom stereocenters. The highest BCUT2D eigenvalue weighted by Crippen LogP contribution is 2.22. The number of rotatable bonds is 5. The monoisotopic (exact) mass is 308 g/mol. The zero-order chi connectivity index (χ0) is 16.2. The first-order valence-corrected chi connectivity index (χ1v) is 8.39. The van der Waals surface area contributed by atoms with Crippen molar-refractivity contribution in [2.45, 2.75) is 40.0 Å². The number of hydrogen-bond donors (Lipinski definition) is 2. The number of fused-ring (bicyclic) bond motifs is 1. The third kappa shape index (κ3) is 3.36. The fraction of sp³-hybridized carbons (Fsp3) is 0.368. The summed E-state index contributed by atoms with van der Waals surface area (Å²) in [4.78, 5) is 12.4. The summed E-state index contributed by atoms with van der Waals surface area (Å²) in [5.74, 6) is 1.27. The predicted octanol–water partition coefficient (Wildman–Crippen LogP) is 4.75. The molecule has 4 nitrogen and oxygen atoms in total. The molecular formula is C19H24N4. The molecule has 1 aliphatic rings.